The van der Waals surface area contributed by atoms with Crippen molar-refractivity contribution in [3.8, 4) is 5.75 Å². The Kier molecular flexibility index (Phi) is 3.64. The minimum Gasteiger partial charge on any atom is -0.490 e. The van der Waals surface area contributed by atoms with Gasteiger partial charge < -0.3 is 4.74 Å². The molecular formula is C18H25BrO. The Bertz CT molecular complexity index is 465. The van der Waals surface area contributed by atoms with Crippen molar-refractivity contribution in [3.05, 3.63) is 29.8 Å². The van der Waals surface area contributed by atoms with Gasteiger partial charge in [-0.3, -0.25) is 0 Å². The van der Waals surface area contributed by atoms with Crippen LogP contribution in [0.4, 0.5) is 0 Å². The smallest absolute Gasteiger partial charge is 0.119 e. The van der Waals surface area contributed by atoms with E-state index in [2.05, 4.69) is 61.0 Å². The topological polar surface area (TPSA) is 9.23 Å². The van der Waals surface area contributed by atoms with Gasteiger partial charge in [-0.1, -0.05) is 61.7 Å². The lowest BCUT2D eigenvalue weighted by Gasteiger charge is -2.51. The van der Waals surface area contributed by atoms with Crippen molar-refractivity contribution in [1.29, 1.82) is 0 Å². The molecule has 0 radical (unpaired) electrons. The van der Waals surface area contributed by atoms with Crippen LogP contribution in [-0.2, 0) is 5.41 Å². The molecule has 2 aliphatic carbocycles. The number of hydrogen-bond acceptors (Lipinski definition) is 1. The summed E-state index contributed by atoms with van der Waals surface area (Å²) in [5.41, 5.74) is 2.00. The third-order valence-corrected chi connectivity index (χ3v) is 6.50. The van der Waals surface area contributed by atoms with Gasteiger partial charge in [-0.05, 0) is 42.4 Å². The lowest BCUT2D eigenvalue weighted by atomic mass is 9.64. The highest BCUT2D eigenvalue weighted by molar-refractivity contribution is 9.09. The van der Waals surface area contributed by atoms with Crippen LogP contribution in [0.5, 0.6) is 5.75 Å². The largest absolute Gasteiger partial charge is 0.490 e. The zero-order valence-corrected chi connectivity index (χ0v) is 14.4. The van der Waals surface area contributed by atoms with Gasteiger partial charge in [-0.15, -0.1) is 0 Å². The maximum atomic E-state index is 6.30. The molecule has 110 valence electrons. The lowest BCUT2D eigenvalue weighted by molar-refractivity contribution is -0.0304. The molecule has 0 amide bonds. The van der Waals surface area contributed by atoms with Crippen molar-refractivity contribution < 1.29 is 4.74 Å². The van der Waals surface area contributed by atoms with Crippen LogP contribution >= 0.6 is 15.9 Å². The fourth-order valence-electron chi connectivity index (χ4n) is 3.73. The van der Waals surface area contributed by atoms with Gasteiger partial charge in [-0.25, -0.2) is 0 Å². The highest BCUT2D eigenvalue weighted by Crippen LogP contribution is 2.57. The van der Waals surface area contributed by atoms with Crippen molar-refractivity contribution in [1.82, 2.24) is 0 Å². The minimum absolute atomic E-state index is 0.211. The maximum absolute atomic E-state index is 6.30. The van der Waals surface area contributed by atoms with Crippen LogP contribution in [0.3, 0.4) is 0 Å². The molecule has 1 nitrogen and oxygen atoms in total. The maximum Gasteiger partial charge on any atom is 0.119 e. The second-order valence-electron chi connectivity index (χ2n) is 7.52. The van der Waals surface area contributed by atoms with Crippen LogP contribution in [0.25, 0.3) is 0 Å². The summed E-state index contributed by atoms with van der Waals surface area (Å²) >= 11 is 3.86. The van der Waals surface area contributed by atoms with E-state index in [1.165, 1.54) is 31.2 Å². The summed E-state index contributed by atoms with van der Waals surface area (Å²) < 4.78 is 6.30. The van der Waals surface area contributed by atoms with Crippen LogP contribution in [0, 0.1) is 5.41 Å². The molecule has 0 N–H and O–H groups in total. The second-order valence-corrected chi connectivity index (χ2v) is 8.63. The lowest BCUT2D eigenvalue weighted by Crippen LogP contribution is -2.55. The average Bonchev–Trinajstić information content (AvgIpc) is 2.90. The van der Waals surface area contributed by atoms with Gasteiger partial charge in [0.05, 0.1) is 0 Å². The zero-order chi connectivity index (χ0) is 14.4. The van der Waals surface area contributed by atoms with E-state index in [1.54, 1.807) is 0 Å². The second kappa shape index (κ2) is 5.05. The highest BCUT2D eigenvalue weighted by Gasteiger charge is 2.56. The molecule has 1 spiro atoms. The van der Waals surface area contributed by atoms with Gasteiger partial charge in [0.2, 0.25) is 0 Å². The molecule has 2 atom stereocenters. The summed E-state index contributed by atoms with van der Waals surface area (Å²) in [4.78, 5) is 0.663. The molecule has 0 aromatic heterocycles. The Morgan fingerprint density at radius 2 is 1.70 bits per heavy atom. The van der Waals surface area contributed by atoms with E-state index in [4.69, 9.17) is 4.74 Å². The monoisotopic (exact) mass is 336 g/mol. The normalized spacial score (nSPS) is 28.4. The Morgan fingerprint density at radius 3 is 2.20 bits per heavy atom. The van der Waals surface area contributed by atoms with Gasteiger partial charge >= 0.3 is 0 Å². The molecule has 3 rings (SSSR count). The Labute approximate surface area is 131 Å². The van der Waals surface area contributed by atoms with Gasteiger partial charge in [0.15, 0.2) is 0 Å². The predicted octanol–water partition coefficient (Wildman–Crippen LogP) is 5.46. The number of benzene rings is 1. The molecule has 0 heterocycles. The number of hydrogen-bond donors (Lipinski definition) is 0. The number of halogens is 1. The van der Waals surface area contributed by atoms with Crippen molar-refractivity contribution in [3.63, 3.8) is 0 Å². The van der Waals surface area contributed by atoms with Crippen molar-refractivity contribution >= 4 is 15.9 Å². The number of rotatable bonds is 2. The van der Waals surface area contributed by atoms with Gasteiger partial charge in [0.1, 0.15) is 11.9 Å². The van der Waals surface area contributed by atoms with Gasteiger partial charge in [0.25, 0.3) is 0 Å². The molecule has 1 aromatic rings. The molecule has 20 heavy (non-hydrogen) atoms. The molecule has 1 aromatic carbocycles. The van der Waals surface area contributed by atoms with Crippen molar-refractivity contribution in [2.75, 3.05) is 0 Å². The van der Waals surface area contributed by atoms with E-state index in [0.717, 1.165) is 12.2 Å². The van der Waals surface area contributed by atoms with E-state index < -0.39 is 0 Å². The number of alkyl halides is 1. The predicted molar refractivity (Wildman–Crippen MR) is 87.8 cm³/mol. The fraction of sp³-hybridized carbons (Fsp3) is 0.667. The van der Waals surface area contributed by atoms with E-state index in [9.17, 15) is 0 Å². The molecule has 0 bridgehead atoms. The summed E-state index contributed by atoms with van der Waals surface area (Å²) in [6, 6.07) is 8.71. The first kappa shape index (κ1) is 14.4. The molecule has 0 saturated heterocycles. The molecule has 2 saturated carbocycles. The first-order valence-corrected chi connectivity index (χ1v) is 8.75. The van der Waals surface area contributed by atoms with Crippen molar-refractivity contribution in [2.24, 2.45) is 5.41 Å². The fourth-order valence-corrected chi connectivity index (χ4v) is 4.82. The Morgan fingerprint density at radius 1 is 1.10 bits per heavy atom. The van der Waals surface area contributed by atoms with E-state index >= 15 is 0 Å². The Hall–Kier alpha value is -0.500. The summed E-state index contributed by atoms with van der Waals surface area (Å²) in [7, 11) is 0. The third-order valence-electron chi connectivity index (χ3n) is 5.22. The zero-order valence-electron chi connectivity index (χ0n) is 12.8. The Balaban J connectivity index is 1.70. The first-order valence-electron chi connectivity index (χ1n) is 7.83. The quantitative estimate of drug-likeness (QED) is 0.651. The van der Waals surface area contributed by atoms with Crippen LogP contribution in [0.15, 0.2) is 24.3 Å². The van der Waals surface area contributed by atoms with Crippen LogP contribution in [0.2, 0.25) is 0 Å². The summed E-state index contributed by atoms with van der Waals surface area (Å²) in [5, 5.41) is 0. The molecule has 0 aliphatic heterocycles. The van der Waals surface area contributed by atoms with E-state index in [1.807, 2.05) is 0 Å². The third kappa shape index (κ3) is 2.41. The summed E-state index contributed by atoms with van der Waals surface area (Å²) in [6.07, 6.45) is 6.95. The molecule has 2 heteroatoms. The van der Waals surface area contributed by atoms with Gasteiger partial charge in [0, 0.05) is 10.2 Å². The molecule has 2 fully saturated rings. The van der Waals surface area contributed by atoms with E-state index in [0.29, 0.717) is 16.3 Å². The van der Waals surface area contributed by atoms with E-state index in [-0.39, 0.29) is 5.41 Å². The average molecular weight is 337 g/mol. The summed E-state index contributed by atoms with van der Waals surface area (Å²) in [6.45, 7) is 6.74. The van der Waals surface area contributed by atoms with Gasteiger partial charge in [-0.2, -0.15) is 0 Å². The van der Waals surface area contributed by atoms with Crippen LogP contribution in [0.1, 0.15) is 58.4 Å². The minimum atomic E-state index is 0.211. The SMILES string of the molecule is CC(C)(C)c1ccc(OC2CC(Br)C23CCCC3)cc1. The highest BCUT2D eigenvalue weighted by atomic mass is 79.9. The standard InChI is InChI=1S/C18H25BrO/c1-17(2,3)13-6-8-14(9-7-13)20-16-12-15(19)18(16)10-4-5-11-18/h6-9,15-16H,4-5,10-12H2,1-3H3. The van der Waals surface area contributed by atoms with Crippen molar-refractivity contribution in [2.45, 2.75) is 69.2 Å². The van der Waals surface area contributed by atoms with Crippen LogP contribution in [-0.4, -0.2) is 10.9 Å². The molecule has 2 aliphatic rings. The van der Waals surface area contributed by atoms with Crippen LogP contribution < -0.4 is 4.74 Å². The molecule has 2 unspecified atom stereocenters. The summed E-state index contributed by atoms with van der Waals surface area (Å²) in [5.74, 6) is 1.04. The molecular weight excluding hydrogens is 312 g/mol. The first-order chi connectivity index (χ1) is 9.42. The number of ether oxygens (including phenoxy) is 1.